The molecule has 126 valence electrons. The summed E-state index contributed by atoms with van der Waals surface area (Å²) in [5.74, 6) is 0.295. The van der Waals surface area contributed by atoms with Gasteiger partial charge in [-0.3, -0.25) is 9.52 Å². The largest absolute Gasteiger partial charge is 0.507 e. The molecule has 7 nitrogen and oxygen atoms in total. The van der Waals surface area contributed by atoms with Crippen molar-refractivity contribution in [2.24, 2.45) is 17.6 Å². The number of hydrogen-bond donors (Lipinski definition) is 3. The fraction of sp³-hybridized carbons (Fsp3) is 0.533. The standard InChI is InChI=1S/C15H21N3O4S/c1-23(21,22)17-10-3-5-14(19)11(6-10)15(20)18-7-9-2-4-13(16)12(9)8-18/h3,5-6,9,12-13,17,19H,2,4,7-8,16H2,1H3. The average Bonchev–Trinajstić information content (AvgIpc) is 3.01. The summed E-state index contributed by atoms with van der Waals surface area (Å²) in [6, 6.07) is 4.24. The minimum Gasteiger partial charge on any atom is -0.507 e. The summed E-state index contributed by atoms with van der Waals surface area (Å²) in [5.41, 5.74) is 6.44. The molecular weight excluding hydrogens is 318 g/mol. The van der Waals surface area contributed by atoms with E-state index in [1.54, 1.807) is 4.90 Å². The molecule has 8 heteroatoms. The third kappa shape index (κ3) is 3.28. The summed E-state index contributed by atoms with van der Waals surface area (Å²) in [5, 5.41) is 9.97. The third-order valence-corrected chi connectivity index (χ3v) is 5.34. The second-order valence-corrected chi connectivity index (χ2v) is 8.23. The van der Waals surface area contributed by atoms with Crippen LogP contribution in [-0.4, -0.2) is 49.7 Å². The van der Waals surface area contributed by atoms with Gasteiger partial charge in [-0.05, 0) is 42.9 Å². The second-order valence-electron chi connectivity index (χ2n) is 6.48. The summed E-state index contributed by atoms with van der Waals surface area (Å²) >= 11 is 0. The average molecular weight is 339 g/mol. The Morgan fingerprint density at radius 3 is 2.74 bits per heavy atom. The van der Waals surface area contributed by atoms with Crippen molar-refractivity contribution in [2.45, 2.75) is 18.9 Å². The molecule has 1 saturated heterocycles. The Labute approximate surface area is 135 Å². The normalized spacial score (nSPS) is 27.0. The van der Waals surface area contributed by atoms with Crippen molar-refractivity contribution in [1.82, 2.24) is 4.90 Å². The van der Waals surface area contributed by atoms with Gasteiger partial charge in [0.1, 0.15) is 5.75 Å². The molecule has 1 aliphatic heterocycles. The first kappa shape index (κ1) is 16.1. The van der Waals surface area contributed by atoms with Gasteiger partial charge in [-0.2, -0.15) is 0 Å². The van der Waals surface area contributed by atoms with E-state index >= 15 is 0 Å². The first-order valence-corrected chi connectivity index (χ1v) is 9.49. The quantitative estimate of drug-likeness (QED) is 0.697. The van der Waals surface area contributed by atoms with Crippen molar-refractivity contribution in [3.05, 3.63) is 23.8 Å². The molecule has 1 amide bonds. The Balaban J connectivity index is 1.81. The molecule has 2 aliphatic rings. The number of aromatic hydroxyl groups is 1. The Morgan fingerprint density at radius 2 is 2.09 bits per heavy atom. The van der Waals surface area contributed by atoms with Gasteiger partial charge in [-0.15, -0.1) is 0 Å². The number of hydrogen-bond acceptors (Lipinski definition) is 5. The van der Waals surface area contributed by atoms with Crippen molar-refractivity contribution in [3.63, 3.8) is 0 Å². The van der Waals surface area contributed by atoms with E-state index in [0.717, 1.165) is 19.1 Å². The van der Waals surface area contributed by atoms with Crippen molar-refractivity contribution >= 4 is 21.6 Å². The van der Waals surface area contributed by atoms with Crippen LogP contribution in [0.2, 0.25) is 0 Å². The van der Waals surface area contributed by atoms with Crippen LogP contribution in [0.3, 0.4) is 0 Å². The Kier molecular flexibility index (Phi) is 3.97. The monoisotopic (exact) mass is 339 g/mol. The van der Waals surface area contributed by atoms with Crippen LogP contribution in [-0.2, 0) is 10.0 Å². The number of carbonyl (C=O) groups is 1. The fourth-order valence-corrected chi connectivity index (χ4v) is 4.18. The van der Waals surface area contributed by atoms with E-state index in [1.807, 2.05) is 0 Å². The summed E-state index contributed by atoms with van der Waals surface area (Å²) in [6.07, 6.45) is 3.05. The number of nitrogens with zero attached hydrogens (tertiary/aromatic N) is 1. The minimum absolute atomic E-state index is 0.104. The van der Waals surface area contributed by atoms with E-state index in [4.69, 9.17) is 5.73 Å². The molecule has 3 atom stereocenters. The number of nitrogens with two attached hydrogens (primary N) is 1. The van der Waals surface area contributed by atoms with Crippen LogP contribution < -0.4 is 10.5 Å². The Bertz CT molecular complexity index is 734. The lowest BCUT2D eigenvalue weighted by atomic mass is 9.98. The van der Waals surface area contributed by atoms with Crippen LogP contribution in [0.15, 0.2) is 18.2 Å². The van der Waals surface area contributed by atoms with Gasteiger partial charge in [0, 0.05) is 24.8 Å². The lowest BCUT2D eigenvalue weighted by Gasteiger charge is -2.19. The molecule has 3 unspecified atom stereocenters. The van der Waals surface area contributed by atoms with Crippen molar-refractivity contribution in [3.8, 4) is 5.75 Å². The Morgan fingerprint density at radius 1 is 1.35 bits per heavy atom. The summed E-state index contributed by atoms with van der Waals surface area (Å²) in [6.45, 7) is 1.23. The van der Waals surface area contributed by atoms with Crippen LogP contribution >= 0.6 is 0 Å². The first-order valence-electron chi connectivity index (χ1n) is 7.60. The van der Waals surface area contributed by atoms with Crippen LogP contribution in [0.1, 0.15) is 23.2 Å². The highest BCUT2D eigenvalue weighted by molar-refractivity contribution is 7.92. The van der Waals surface area contributed by atoms with Crippen molar-refractivity contribution in [1.29, 1.82) is 0 Å². The maximum Gasteiger partial charge on any atom is 0.257 e. The maximum absolute atomic E-state index is 12.7. The fourth-order valence-electron chi connectivity index (χ4n) is 3.63. The first-order chi connectivity index (χ1) is 10.7. The van der Waals surface area contributed by atoms with Gasteiger partial charge in [0.05, 0.1) is 11.8 Å². The van der Waals surface area contributed by atoms with Gasteiger partial charge in [-0.1, -0.05) is 0 Å². The predicted octanol–water partition coefficient (Wildman–Crippen LogP) is 0.573. The predicted molar refractivity (Wildman–Crippen MR) is 86.7 cm³/mol. The smallest absolute Gasteiger partial charge is 0.257 e. The van der Waals surface area contributed by atoms with Gasteiger partial charge in [0.2, 0.25) is 10.0 Å². The van der Waals surface area contributed by atoms with Gasteiger partial charge in [0.25, 0.3) is 5.91 Å². The van der Waals surface area contributed by atoms with Crippen molar-refractivity contribution < 1.29 is 18.3 Å². The summed E-state index contributed by atoms with van der Waals surface area (Å²) in [4.78, 5) is 14.4. The lowest BCUT2D eigenvalue weighted by molar-refractivity contribution is 0.0776. The molecule has 0 radical (unpaired) electrons. The zero-order valence-electron chi connectivity index (χ0n) is 12.9. The maximum atomic E-state index is 12.7. The van der Waals surface area contributed by atoms with E-state index < -0.39 is 10.0 Å². The highest BCUT2D eigenvalue weighted by Gasteiger charge is 2.42. The number of amides is 1. The molecule has 0 spiro atoms. The number of phenolic OH excluding ortho intramolecular Hbond substituents is 1. The molecule has 1 saturated carbocycles. The molecule has 4 N–H and O–H groups in total. The zero-order valence-corrected chi connectivity index (χ0v) is 13.7. The third-order valence-electron chi connectivity index (χ3n) is 4.73. The van der Waals surface area contributed by atoms with E-state index in [9.17, 15) is 18.3 Å². The number of benzene rings is 1. The number of nitrogens with one attached hydrogen (secondary N) is 1. The van der Waals surface area contributed by atoms with Crippen LogP contribution in [0.5, 0.6) is 5.75 Å². The molecular formula is C15H21N3O4S. The number of sulfonamides is 1. The molecule has 0 bridgehead atoms. The molecule has 23 heavy (non-hydrogen) atoms. The summed E-state index contributed by atoms with van der Waals surface area (Å²) in [7, 11) is -3.44. The molecule has 1 aromatic carbocycles. The number of likely N-dealkylation sites (tertiary alicyclic amines) is 1. The minimum atomic E-state index is -3.44. The van der Waals surface area contributed by atoms with E-state index in [1.165, 1.54) is 18.2 Å². The summed E-state index contributed by atoms with van der Waals surface area (Å²) < 4.78 is 24.9. The van der Waals surface area contributed by atoms with Gasteiger partial charge < -0.3 is 15.7 Å². The van der Waals surface area contributed by atoms with Crippen LogP contribution in [0.4, 0.5) is 5.69 Å². The van der Waals surface area contributed by atoms with Gasteiger partial charge >= 0.3 is 0 Å². The number of anilines is 1. The van der Waals surface area contributed by atoms with E-state index in [-0.39, 0.29) is 28.9 Å². The van der Waals surface area contributed by atoms with Gasteiger partial charge in [-0.25, -0.2) is 8.42 Å². The van der Waals surface area contributed by atoms with E-state index in [2.05, 4.69) is 4.72 Å². The SMILES string of the molecule is CS(=O)(=O)Nc1ccc(O)c(C(=O)N2CC3CCC(N)C3C2)c1. The van der Waals surface area contributed by atoms with Crippen LogP contribution in [0, 0.1) is 11.8 Å². The van der Waals surface area contributed by atoms with E-state index in [0.29, 0.717) is 24.9 Å². The van der Waals surface area contributed by atoms with Crippen LogP contribution in [0.25, 0.3) is 0 Å². The topological polar surface area (TPSA) is 113 Å². The molecule has 0 aromatic heterocycles. The molecule has 1 heterocycles. The van der Waals surface area contributed by atoms with Crippen molar-refractivity contribution in [2.75, 3.05) is 24.1 Å². The molecule has 1 aliphatic carbocycles. The zero-order chi connectivity index (χ0) is 16.8. The number of rotatable bonds is 3. The molecule has 1 aromatic rings. The number of phenols is 1. The molecule has 3 rings (SSSR count). The number of fused-ring (bicyclic) bond motifs is 1. The lowest BCUT2D eigenvalue weighted by Crippen LogP contribution is -2.33. The highest BCUT2D eigenvalue weighted by Crippen LogP contribution is 2.38. The van der Waals surface area contributed by atoms with Gasteiger partial charge in [0.15, 0.2) is 0 Å². The number of carbonyl (C=O) groups excluding carboxylic acids is 1. The molecule has 2 fully saturated rings. The Hall–Kier alpha value is -1.80. The highest BCUT2D eigenvalue weighted by atomic mass is 32.2. The second kappa shape index (κ2) is 5.68.